The van der Waals surface area contributed by atoms with Gasteiger partial charge in [0.2, 0.25) is 5.91 Å². The van der Waals surface area contributed by atoms with Gasteiger partial charge in [-0.3, -0.25) is 14.4 Å². The Morgan fingerprint density at radius 1 is 1.00 bits per heavy atom. The average Bonchev–Trinajstić information content (AvgIpc) is 3.60. The van der Waals surface area contributed by atoms with Crippen LogP contribution >= 0.6 is 0 Å². The molecule has 3 heterocycles. The van der Waals surface area contributed by atoms with E-state index < -0.39 is 31.8 Å². The van der Waals surface area contributed by atoms with Gasteiger partial charge in [-0.25, -0.2) is 0 Å². The highest BCUT2D eigenvalue weighted by atomic mass is 28.3. The maximum absolute atomic E-state index is 15.2. The molecule has 0 aromatic heterocycles. The molecule has 1 saturated heterocycles. The molecule has 0 radical (unpaired) electrons. The molecule has 0 aliphatic carbocycles. The summed E-state index contributed by atoms with van der Waals surface area (Å²) in [6.07, 6.45) is -1.29. The van der Waals surface area contributed by atoms with E-state index >= 15 is 4.79 Å². The fraction of sp³-hybridized carbons (Fsp3) is 0.372. The van der Waals surface area contributed by atoms with Crippen LogP contribution in [0, 0.1) is 5.92 Å². The molecule has 1 fully saturated rings. The monoisotopic (exact) mass is 747 g/mol. The fourth-order valence-corrected chi connectivity index (χ4v) is 13.1. The summed E-state index contributed by atoms with van der Waals surface area (Å²) in [5, 5.41) is 24.4. The first-order valence-electron chi connectivity index (χ1n) is 18.7. The molecule has 4 aromatic rings. The summed E-state index contributed by atoms with van der Waals surface area (Å²) in [6.45, 7) is 8.53. The molecule has 3 aliphatic heterocycles. The van der Waals surface area contributed by atoms with Gasteiger partial charge in [0.05, 0.1) is 52.6 Å². The highest BCUT2D eigenvalue weighted by Crippen LogP contribution is 2.60. The molecule has 3 N–H and O–H groups in total. The Hall–Kier alpha value is -4.81. The van der Waals surface area contributed by atoms with Crippen LogP contribution in [0.2, 0.25) is 18.6 Å². The molecule has 3 aliphatic rings. The third-order valence-corrected chi connectivity index (χ3v) is 16.3. The van der Waals surface area contributed by atoms with Crippen LogP contribution in [0.3, 0.4) is 0 Å². The predicted molar refractivity (Wildman–Crippen MR) is 210 cm³/mol. The third kappa shape index (κ3) is 6.53. The zero-order valence-corrected chi connectivity index (χ0v) is 32.5. The minimum absolute atomic E-state index is 0.0295. The molecule has 7 rings (SSSR count). The second kappa shape index (κ2) is 14.8. The molecule has 10 nitrogen and oxygen atoms in total. The number of nitrogens with one attached hydrogen (secondary N) is 1. The lowest BCUT2D eigenvalue weighted by Gasteiger charge is -2.39. The van der Waals surface area contributed by atoms with Crippen molar-refractivity contribution >= 4 is 42.4 Å². The van der Waals surface area contributed by atoms with Crippen LogP contribution in [0.5, 0.6) is 5.75 Å². The van der Waals surface area contributed by atoms with Crippen LogP contribution in [0.15, 0.2) is 97.1 Å². The number of aliphatic hydroxyl groups is 2. The minimum atomic E-state index is -2.58. The van der Waals surface area contributed by atoms with Crippen LogP contribution < -0.4 is 20.1 Å². The highest BCUT2D eigenvalue weighted by molar-refractivity contribution is 6.91. The first-order chi connectivity index (χ1) is 25.9. The smallest absolute Gasteiger partial charge is 0.264 e. The molecular formula is C43H49N3O7Si. The van der Waals surface area contributed by atoms with Crippen molar-refractivity contribution in [1.82, 2.24) is 4.90 Å². The first-order valence-corrected chi connectivity index (χ1v) is 21.8. The molecular weight excluding hydrogens is 699 g/mol. The second-order valence-electron chi connectivity index (χ2n) is 15.5. The Bertz CT molecular complexity index is 2040. The Morgan fingerprint density at radius 2 is 1.69 bits per heavy atom. The Kier molecular flexibility index (Phi) is 10.3. The van der Waals surface area contributed by atoms with E-state index in [1.54, 1.807) is 29.0 Å². The number of methoxy groups -OCH3 is 1. The third-order valence-electron chi connectivity index (χ3n) is 11.9. The molecule has 1 spiro atoms. The van der Waals surface area contributed by atoms with Crippen molar-refractivity contribution < 1.29 is 34.1 Å². The van der Waals surface area contributed by atoms with Crippen molar-refractivity contribution in [2.45, 2.75) is 82.3 Å². The van der Waals surface area contributed by atoms with Gasteiger partial charge in [0.1, 0.15) is 11.9 Å². The molecule has 6 atom stereocenters. The molecule has 0 bridgehead atoms. The van der Waals surface area contributed by atoms with E-state index in [1.165, 1.54) is 6.92 Å². The van der Waals surface area contributed by atoms with Crippen molar-refractivity contribution in [2.24, 2.45) is 5.92 Å². The minimum Gasteiger partial charge on any atom is -0.497 e. The molecule has 4 aromatic carbocycles. The largest absolute Gasteiger partial charge is 0.497 e. The van der Waals surface area contributed by atoms with Crippen LogP contribution in [-0.2, 0) is 44.2 Å². The van der Waals surface area contributed by atoms with E-state index in [0.29, 0.717) is 36.4 Å². The van der Waals surface area contributed by atoms with Crippen molar-refractivity contribution in [3.63, 3.8) is 0 Å². The summed E-state index contributed by atoms with van der Waals surface area (Å²) in [7, 11) is -0.941. The van der Waals surface area contributed by atoms with E-state index in [4.69, 9.17) is 9.47 Å². The number of benzene rings is 4. The normalized spacial score (nSPS) is 23.9. The Labute approximate surface area is 317 Å². The van der Waals surface area contributed by atoms with Gasteiger partial charge in [0.25, 0.3) is 11.8 Å². The predicted octanol–water partition coefficient (Wildman–Crippen LogP) is 5.11. The molecule has 11 heteroatoms. The summed E-state index contributed by atoms with van der Waals surface area (Å²) >= 11 is 0. The van der Waals surface area contributed by atoms with Gasteiger partial charge in [-0.1, -0.05) is 91.9 Å². The van der Waals surface area contributed by atoms with Gasteiger partial charge < -0.3 is 34.8 Å². The zero-order valence-electron chi connectivity index (χ0n) is 31.5. The number of hydrogen-bond donors (Lipinski definition) is 3. The fourth-order valence-electron chi connectivity index (χ4n) is 9.09. The summed E-state index contributed by atoms with van der Waals surface area (Å²) in [5.74, 6) is -0.555. The van der Waals surface area contributed by atoms with Gasteiger partial charge in [-0.05, 0) is 65.9 Å². The Morgan fingerprint density at radius 3 is 2.35 bits per heavy atom. The van der Waals surface area contributed by atoms with Gasteiger partial charge in [-0.15, -0.1) is 0 Å². The van der Waals surface area contributed by atoms with Crippen LogP contribution in [0.25, 0.3) is 0 Å². The van der Waals surface area contributed by atoms with Crippen LogP contribution in [0.1, 0.15) is 42.5 Å². The molecule has 3 amide bonds. The van der Waals surface area contributed by atoms with E-state index in [9.17, 15) is 19.8 Å². The molecule has 54 heavy (non-hydrogen) atoms. The van der Waals surface area contributed by atoms with Crippen molar-refractivity contribution in [2.75, 3.05) is 23.9 Å². The maximum Gasteiger partial charge on any atom is 0.264 e. The number of carbonyl (C=O) groups is 3. The SMILES string of the molecule is COc1ccc([Si](C)(C)[C@H]2[C@H](CC(=O)N3Cc4ccccc4C[C@H]3CO)O[C@@]3(C(=O)N(Cc4ccccc4)c4ccc(NC(=O)[C@H](C)O)cc43)[C@@H]2C)cc1. The van der Waals surface area contributed by atoms with E-state index in [2.05, 4.69) is 37.5 Å². The van der Waals surface area contributed by atoms with Gasteiger partial charge in [0, 0.05) is 23.7 Å². The number of carbonyl (C=O) groups excluding carboxylic acids is 3. The number of rotatable bonds is 10. The molecule has 0 saturated carbocycles. The van der Waals surface area contributed by atoms with E-state index in [1.807, 2.05) is 72.8 Å². The Balaban J connectivity index is 1.33. The lowest BCUT2D eigenvalue weighted by atomic mass is 9.82. The number of fused-ring (bicyclic) bond motifs is 3. The van der Waals surface area contributed by atoms with Crippen molar-refractivity contribution in [3.8, 4) is 5.75 Å². The van der Waals surface area contributed by atoms with E-state index in [-0.39, 0.29) is 42.3 Å². The quantitative estimate of drug-likeness (QED) is 0.193. The van der Waals surface area contributed by atoms with Gasteiger partial charge in [0.15, 0.2) is 5.60 Å². The zero-order chi connectivity index (χ0) is 38.4. The number of aliphatic hydroxyl groups excluding tert-OH is 2. The van der Waals surface area contributed by atoms with Crippen molar-refractivity contribution in [3.05, 3.63) is 119 Å². The number of ether oxygens (including phenoxy) is 2. The van der Waals surface area contributed by atoms with Crippen LogP contribution in [-0.4, -0.2) is 72.9 Å². The number of hydrogen-bond acceptors (Lipinski definition) is 7. The lowest BCUT2D eigenvalue weighted by molar-refractivity contribution is -0.151. The summed E-state index contributed by atoms with van der Waals surface area (Å²) in [5.41, 5.74) is 3.19. The summed E-state index contributed by atoms with van der Waals surface area (Å²) in [6, 6.07) is 30.8. The van der Waals surface area contributed by atoms with E-state index in [0.717, 1.165) is 27.6 Å². The van der Waals surface area contributed by atoms with Crippen molar-refractivity contribution in [1.29, 1.82) is 0 Å². The maximum atomic E-state index is 15.2. The van der Waals surface area contributed by atoms with Crippen LogP contribution in [0.4, 0.5) is 11.4 Å². The van der Waals surface area contributed by atoms with Gasteiger partial charge >= 0.3 is 0 Å². The number of amides is 3. The summed E-state index contributed by atoms with van der Waals surface area (Å²) < 4.78 is 12.7. The second-order valence-corrected chi connectivity index (χ2v) is 20.2. The first kappa shape index (κ1) is 37.5. The average molecular weight is 748 g/mol. The highest BCUT2D eigenvalue weighted by Gasteiger charge is 2.66. The molecule has 282 valence electrons. The van der Waals surface area contributed by atoms with Gasteiger partial charge in [-0.2, -0.15) is 0 Å². The molecule has 0 unspecified atom stereocenters. The standard InChI is InChI=1S/C43H49N3O7Si/c1-27-40(54(4,5)35-18-16-34(52-3)17-19-35)38(23-39(49)45-25-31-14-10-9-13-30(31)21-33(45)26-47)53-43(27)36-22-32(44-41(50)28(2)48)15-20-37(36)46(42(43)51)24-29-11-7-6-8-12-29/h6-20,22,27-28,33,38,40,47-48H,21,23-26H2,1-5H3,(H,44,50)/t27-,28+,33+,38+,40-,43+/m1/s1. The number of anilines is 2. The summed E-state index contributed by atoms with van der Waals surface area (Å²) in [4.78, 5) is 46.0. The number of nitrogens with zero attached hydrogens (tertiary/aromatic N) is 2. The lowest BCUT2D eigenvalue weighted by Crippen LogP contribution is -2.52. The topological polar surface area (TPSA) is 129 Å².